The van der Waals surface area contributed by atoms with Crippen LogP contribution < -0.4 is 10.2 Å². The summed E-state index contributed by atoms with van der Waals surface area (Å²) in [6.07, 6.45) is -12.1. The highest BCUT2D eigenvalue weighted by atomic mass is 16.8. The van der Waals surface area contributed by atoms with Crippen molar-refractivity contribution < 1.29 is 64.2 Å². The zero-order chi connectivity index (χ0) is 32.7. The highest BCUT2D eigenvalue weighted by Gasteiger charge is 2.49. The average Bonchev–Trinajstić information content (AvgIpc) is 2.98. The van der Waals surface area contributed by atoms with Gasteiger partial charge in [-0.25, -0.2) is 0 Å². The lowest BCUT2D eigenvalue weighted by molar-refractivity contribution is -0.341. The third-order valence-corrected chi connectivity index (χ3v) is 7.79. The van der Waals surface area contributed by atoms with Crippen molar-refractivity contribution in [2.45, 2.75) is 82.5 Å². The second-order valence-electron chi connectivity index (χ2n) is 11.4. The summed E-state index contributed by atoms with van der Waals surface area (Å²) in [6, 6.07) is 6.53. The van der Waals surface area contributed by atoms with Crippen LogP contribution in [0.2, 0.25) is 0 Å². The molecule has 2 aromatic carbocycles. The van der Waals surface area contributed by atoms with Crippen LogP contribution in [0.3, 0.4) is 0 Å². The van der Waals surface area contributed by atoms with Gasteiger partial charge in [-0.1, -0.05) is 11.6 Å². The molecule has 2 saturated heterocycles. The standard InChI is InChI=1S/C31H36O14/c1-12(2)4-9-16-17(33)10-18(34)20-23(38)28(26(43-27(16)20)14-5-7-15(32)8-6-14)44-31-29(24(39)21(36)13(3)42-31)45-30-25(40)22(37)19(35)11-41-30/h4-8,10,13,19,21-22,24-25,29-37,39-40H,9,11H2,1-3H3/t13?,19-,21+,22?,24?,25-,29+,30+,31+/m1/s1. The van der Waals surface area contributed by atoms with Crippen LogP contribution in [0.25, 0.3) is 22.3 Å². The van der Waals surface area contributed by atoms with Crippen molar-refractivity contribution >= 4 is 11.0 Å². The number of aromatic hydroxyl groups is 3. The van der Waals surface area contributed by atoms with E-state index >= 15 is 0 Å². The summed E-state index contributed by atoms with van der Waals surface area (Å²) in [4.78, 5) is 14.1. The summed E-state index contributed by atoms with van der Waals surface area (Å²) in [7, 11) is 0. The Labute approximate surface area is 256 Å². The fraction of sp³-hybridized carbons (Fsp3) is 0.452. The number of hydrogen-bond donors (Lipinski definition) is 8. The average molecular weight is 633 g/mol. The molecule has 0 aliphatic carbocycles. The molecule has 45 heavy (non-hydrogen) atoms. The Hall–Kier alpha value is -3.73. The normalized spacial score (nSPS) is 30.3. The third kappa shape index (κ3) is 6.36. The molecular formula is C31H36O14. The first-order valence-corrected chi connectivity index (χ1v) is 14.2. The number of ether oxygens (including phenoxy) is 4. The third-order valence-electron chi connectivity index (χ3n) is 7.79. The molecule has 3 heterocycles. The van der Waals surface area contributed by atoms with Gasteiger partial charge in [-0.05, 0) is 51.5 Å². The Balaban J connectivity index is 1.65. The van der Waals surface area contributed by atoms with E-state index in [2.05, 4.69) is 0 Å². The smallest absolute Gasteiger partial charge is 0.239 e. The molecule has 8 N–H and O–H groups in total. The molecule has 2 aliphatic rings. The van der Waals surface area contributed by atoms with Gasteiger partial charge in [0.1, 0.15) is 58.7 Å². The number of hydrogen-bond acceptors (Lipinski definition) is 14. The summed E-state index contributed by atoms with van der Waals surface area (Å²) in [6.45, 7) is 4.70. The fourth-order valence-corrected chi connectivity index (χ4v) is 5.19. The largest absolute Gasteiger partial charge is 0.508 e. The van der Waals surface area contributed by atoms with Gasteiger partial charge in [0.2, 0.25) is 17.5 Å². The van der Waals surface area contributed by atoms with Gasteiger partial charge < -0.3 is 64.2 Å². The van der Waals surface area contributed by atoms with Crippen molar-refractivity contribution in [3.8, 4) is 34.3 Å². The van der Waals surface area contributed by atoms with Crippen LogP contribution in [-0.4, -0.2) is 103 Å². The Kier molecular flexibility index (Phi) is 9.39. The van der Waals surface area contributed by atoms with Gasteiger partial charge in [-0.15, -0.1) is 0 Å². The second-order valence-corrected chi connectivity index (χ2v) is 11.4. The predicted molar refractivity (Wildman–Crippen MR) is 156 cm³/mol. The van der Waals surface area contributed by atoms with Gasteiger partial charge in [-0.3, -0.25) is 4.79 Å². The zero-order valence-corrected chi connectivity index (χ0v) is 24.6. The lowest BCUT2D eigenvalue weighted by Gasteiger charge is -2.44. The van der Waals surface area contributed by atoms with Gasteiger partial charge in [0.05, 0.1) is 12.7 Å². The number of fused-ring (bicyclic) bond motifs is 1. The molecule has 0 radical (unpaired) electrons. The fourth-order valence-electron chi connectivity index (χ4n) is 5.19. The Morgan fingerprint density at radius 2 is 1.62 bits per heavy atom. The molecule has 9 atom stereocenters. The maximum atomic E-state index is 14.1. The van der Waals surface area contributed by atoms with Crippen molar-refractivity contribution in [3.05, 3.63) is 57.8 Å². The number of benzene rings is 2. The van der Waals surface area contributed by atoms with E-state index in [-0.39, 0.29) is 45.8 Å². The molecule has 2 aliphatic heterocycles. The molecular weight excluding hydrogens is 596 g/mol. The van der Waals surface area contributed by atoms with Crippen molar-refractivity contribution in [1.82, 2.24) is 0 Å². The quantitative estimate of drug-likeness (QED) is 0.168. The number of rotatable bonds is 7. The minimum absolute atomic E-state index is 0.0859. The first-order valence-electron chi connectivity index (χ1n) is 14.2. The zero-order valence-electron chi connectivity index (χ0n) is 24.6. The molecule has 0 bridgehead atoms. The molecule has 2 fully saturated rings. The Bertz CT molecular complexity index is 1610. The summed E-state index contributed by atoms with van der Waals surface area (Å²) < 4.78 is 29.0. The summed E-state index contributed by atoms with van der Waals surface area (Å²) in [5.41, 5.74) is 0.347. The Morgan fingerprint density at radius 1 is 0.933 bits per heavy atom. The van der Waals surface area contributed by atoms with E-state index in [1.807, 2.05) is 13.8 Å². The lowest BCUT2D eigenvalue weighted by atomic mass is 9.99. The molecule has 3 aromatic rings. The van der Waals surface area contributed by atoms with Crippen molar-refractivity contribution in [2.75, 3.05) is 6.61 Å². The van der Waals surface area contributed by atoms with Gasteiger partial charge in [-0.2, -0.15) is 0 Å². The summed E-state index contributed by atoms with van der Waals surface area (Å²) in [5, 5.41) is 82.9. The van der Waals surface area contributed by atoms with Crippen LogP contribution in [0.1, 0.15) is 26.3 Å². The summed E-state index contributed by atoms with van der Waals surface area (Å²) in [5.74, 6) is -1.72. The first-order chi connectivity index (χ1) is 21.3. The SMILES string of the molecule is CC(C)=CCc1c(O)cc(O)c2c(=O)c(O[C@@H]3OC(C)[C@H](O)C(O)[C@@H]3O[C@@H]3OC[C@@H](O)C(O)[C@H]3O)c(-c3ccc(O)cc3)oc12. The lowest BCUT2D eigenvalue weighted by Crippen LogP contribution is -2.62. The van der Waals surface area contributed by atoms with Crippen LogP contribution in [0.4, 0.5) is 0 Å². The van der Waals surface area contributed by atoms with Crippen LogP contribution >= 0.6 is 0 Å². The molecule has 0 spiro atoms. The highest BCUT2D eigenvalue weighted by molar-refractivity contribution is 5.91. The number of aliphatic hydroxyl groups excluding tert-OH is 5. The van der Waals surface area contributed by atoms with Gasteiger partial charge in [0.25, 0.3) is 0 Å². The minimum Gasteiger partial charge on any atom is -0.508 e. The Morgan fingerprint density at radius 3 is 2.29 bits per heavy atom. The van der Waals surface area contributed by atoms with E-state index in [4.69, 9.17) is 23.4 Å². The number of aliphatic hydroxyl groups is 5. The summed E-state index contributed by atoms with van der Waals surface area (Å²) >= 11 is 0. The van der Waals surface area contributed by atoms with E-state index in [1.54, 1.807) is 6.08 Å². The maximum Gasteiger partial charge on any atom is 0.239 e. The van der Waals surface area contributed by atoms with Crippen molar-refractivity contribution in [2.24, 2.45) is 0 Å². The topological polar surface area (TPSA) is 229 Å². The van der Waals surface area contributed by atoms with Gasteiger partial charge >= 0.3 is 0 Å². The molecule has 0 amide bonds. The highest BCUT2D eigenvalue weighted by Crippen LogP contribution is 2.40. The molecule has 14 nitrogen and oxygen atoms in total. The van der Waals surface area contributed by atoms with Crippen LogP contribution in [0, 0.1) is 0 Å². The van der Waals surface area contributed by atoms with E-state index in [0.29, 0.717) is 0 Å². The second kappa shape index (κ2) is 12.9. The van der Waals surface area contributed by atoms with Crippen LogP contribution in [-0.2, 0) is 20.6 Å². The minimum atomic E-state index is -1.76. The van der Waals surface area contributed by atoms with E-state index in [0.717, 1.165) is 11.6 Å². The van der Waals surface area contributed by atoms with Crippen molar-refractivity contribution in [1.29, 1.82) is 0 Å². The molecule has 0 saturated carbocycles. The van der Waals surface area contributed by atoms with Crippen LogP contribution in [0.15, 0.2) is 51.2 Å². The van der Waals surface area contributed by atoms with E-state index < -0.39 is 78.8 Å². The molecule has 14 heteroatoms. The molecule has 244 valence electrons. The van der Waals surface area contributed by atoms with Gasteiger partial charge in [0, 0.05) is 17.2 Å². The van der Waals surface area contributed by atoms with Gasteiger partial charge in [0.15, 0.2) is 18.2 Å². The number of phenols is 3. The molecule has 5 rings (SSSR count). The predicted octanol–water partition coefficient (Wildman–Crippen LogP) is 0.755. The maximum absolute atomic E-state index is 14.1. The van der Waals surface area contributed by atoms with E-state index in [1.165, 1.54) is 31.2 Å². The monoisotopic (exact) mass is 632 g/mol. The number of allylic oxidation sites excluding steroid dienone is 2. The van der Waals surface area contributed by atoms with Crippen LogP contribution in [0.5, 0.6) is 23.0 Å². The molecule has 3 unspecified atom stereocenters. The van der Waals surface area contributed by atoms with Crippen molar-refractivity contribution in [3.63, 3.8) is 0 Å². The first kappa shape index (κ1) is 32.7. The molecule has 1 aromatic heterocycles. The number of phenolic OH excluding ortho intramolecular Hbond substituents is 3. The van der Waals surface area contributed by atoms with E-state index in [9.17, 15) is 45.6 Å².